The molecular weight excluding hydrogens is 286 g/mol. The second kappa shape index (κ2) is 7.34. The SMILES string of the molecule is CNC(Cc1cccc(OC)c1)c1ccc(Cl)cc1OC. The number of nitrogens with one attached hydrogen (secondary N) is 1. The van der Waals surface area contributed by atoms with Gasteiger partial charge in [0.1, 0.15) is 11.5 Å². The summed E-state index contributed by atoms with van der Waals surface area (Å²) >= 11 is 6.03. The first-order valence-corrected chi connectivity index (χ1v) is 7.19. The molecule has 0 saturated carbocycles. The van der Waals surface area contributed by atoms with Crippen molar-refractivity contribution in [2.24, 2.45) is 0 Å². The molecule has 1 N–H and O–H groups in total. The Balaban J connectivity index is 2.27. The minimum atomic E-state index is 0.143. The van der Waals surface area contributed by atoms with Gasteiger partial charge in [-0.1, -0.05) is 29.8 Å². The van der Waals surface area contributed by atoms with Gasteiger partial charge in [-0.15, -0.1) is 0 Å². The zero-order chi connectivity index (χ0) is 15.2. The second-order valence-electron chi connectivity index (χ2n) is 4.78. The van der Waals surface area contributed by atoms with Gasteiger partial charge in [-0.3, -0.25) is 0 Å². The Morgan fingerprint density at radius 1 is 1.10 bits per heavy atom. The fourth-order valence-electron chi connectivity index (χ4n) is 2.38. The van der Waals surface area contributed by atoms with Crippen molar-refractivity contribution in [3.8, 4) is 11.5 Å². The van der Waals surface area contributed by atoms with Gasteiger partial charge in [0, 0.05) is 16.6 Å². The standard InChI is InChI=1S/C17H20ClNO2/c1-19-16(10-12-5-4-6-14(9-12)20-2)15-8-7-13(18)11-17(15)21-3/h4-9,11,16,19H,10H2,1-3H3. The van der Waals surface area contributed by atoms with Crippen molar-refractivity contribution < 1.29 is 9.47 Å². The lowest BCUT2D eigenvalue weighted by Gasteiger charge is -2.20. The van der Waals surface area contributed by atoms with E-state index in [2.05, 4.69) is 11.4 Å². The average molecular weight is 306 g/mol. The van der Waals surface area contributed by atoms with Crippen molar-refractivity contribution in [1.82, 2.24) is 5.32 Å². The Labute approximate surface area is 130 Å². The summed E-state index contributed by atoms with van der Waals surface area (Å²) in [6, 6.07) is 14.0. The molecule has 0 bridgehead atoms. The van der Waals surface area contributed by atoms with Crippen LogP contribution in [0.3, 0.4) is 0 Å². The number of ether oxygens (including phenoxy) is 2. The Kier molecular flexibility index (Phi) is 5.48. The average Bonchev–Trinajstić information content (AvgIpc) is 2.53. The highest BCUT2D eigenvalue weighted by Gasteiger charge is 2.15. The van der Waals surface area contributed by atoms with Gasteiger partial charge in [-0.05, 0) is 43.3 Å². The molecule has 0 spiro atoms. The number of benzene rings is 2. The van der Waals surface area contributed by atoms with Gasteiger partial charge in [-0.2, -0.15) is 0 Å². The van der Waals surface area contributed by atoms with E-state index < -0.39 is 0 Å². The third-order valence-corrected chi connectivity index (χ3v) is 3.73. The molecule has 2 rings (SSSR count). The van der Waals surface area contributed by atoms with Crippen LogP contribution < -0.4 is 14.8 Å². The van der Waals surface area contributed by atoms with Crippen molar-refractivity contribution in [3.63, 3.8) is 0 Å². The van der Waals surface area contributed by atoms with Gasteiger partial charge in [0.15, 0.2) is 0 Å². The van der Waals surface area contributed by atoms with E-state index >= 15 is 0 Å². The van der Waals surface area contributed by atoms with Crippen LogP contribution in [-0.4, -0.2) is 21.3 Å². The van der Waals surface area contributed by atoms with Crippen LogP contribution in [0.1, 0.15) is 17.2 Å². The molecule has 4 heteroatoms. The lowest BCUT2D eigenvalue weighted by atomic mass is 9.98. The molecule has 2 aromatic rings. The normalized spacial score (nSPS) is 12.0. The van der Waals surface area contributed by atoms with E-state index in [1.165, 1.54) is 5.56 Å². The quantitative estimate of drug-likeness (QED) is 0.879. The zero-order valence-corrected chi connectivity index (χ0v) is 13.3. The lowest BCUT2D eigenvalue weighted by Crippen LogP contribution is -2.19. The number of hydrogen-bond acceptors (Lipinski definition) is 3. The van der Waals surface area contributed by atoms with E-state index in [1.807, 2.05) is 43.4 Å². The molecule has 0 fully saturated rings. The summed E-state index contributed by atoms with van der Waals surface area (Å²) in [5, 5.41) is 4.01. The first-order chi connectivity index (χ1) is 10.2. The van der Waals surface area contributed by atoms with Crippen LogP contribution in [0.2, 0.25) is 5.02 Å². The second-order valence-corrected chi connectivity index (χ2v) is 5.22. The summed E-state index contributed by atoms with van der Waals surface area (Å²) in [5.41, 5.74) is 2.29. The van der Waals surface area contributed by atoms with Crippen LogP contribution in [0.15, 0.2) is 42.5 Å². The van der Waals surface area contributed by atoms with Crippen molar-refractivity contribution in [3.05, 3.63) is 58.6 Å². The predicted molar refractivity (Wildman–Crippen MR) is 86.5 cm³/mol. The third kappa shape index (κ3) is 3.90. The summed E-state index contributed by atoms with van der Waals surface area (Å²) in [4.78, 5) is 0. The fraction of sp³-hybridized carbons (Fsp3) is 0.294. The molecule has 0 aliphatic heterocycles. The van der Waals surface area contributed by atoms with E-state index in [-0.39, 0.29) is 6.04 Å². The lowest BCUT2D eigenvalue weighted by molar-refractivity contribution is 0.401. The van der Waals surface area contributed by atoms with Gasteiger partial charge in [-0.25, -0.2) is 0 Å². The fourth-order valence-corrected chi connectivity index (χ4v) is 2.54. The number of rotatable bonds is 6. The van der Waals surface area contributed by atoms with Crippen molar-refractivity contribution in [1.29, 1.82) is 0 Å². The molecular formula is C17H20ClNO2. The van der Waals surface area contributed by atoms with E-state index in [0.717, 1.165) is 23.5 Å². The van der Waals surface area contributed by atoms with Crippen LogP contribution in [0.25, 0.3) is 0 Å². The monoisotopic (exact) mass is 305 g/mol. The van der Waals surface area contributed by atoms with Crippen LogP contribution in [0.5, 0.6) is 11.5 Å². The van der Waals surface area contributed by atoms with Crippen LogP contribution in [-0.2, 0) is 6.42 Å². The molecule has 0 saturated heterocycles. The van der Waals surface area contributed by atoms with Crippen LogP contribution in [0.4, 0.5) is 0 Å². The molecule has 0 amide bonds. The Morgan fingerprint density at radius 2 is 1.90 bits per heavy atom. The minimum Gasteiger partial charge on any atom is -0.497 e. The summed E-state index contributed by atoms with van der Waals surface area (Å²) in [7, 11) is 5.28. The van der Waals surface area contributed by atoms with E-state index in [1.54, 1.807) is 14.2 Å². The minimum absolute atomic E-state index is 0.143. The smallest absolute Gasteiger partial charge is 0.125 e. The maximum Gasteiger partial charge on any atom is 0.125 e. The molecule has 3 nitrogen and oxygen atoms in total. The summed E-state index contributed by atoms with van der Waals surface area (Å²) in [5.74, 6) is 1.66. The highest BCUT2D eigenvalue weighted by Crippen LogP contribution is 2.30. The number of methoxy groups -OCH3 is 2. The summed E-state index contributed by atoms with van der Waals surface area (Å²) in [6.45, 7) is 0. The van der Waals surface area contributed by atoms with Crippen molar-refractivity contribution in [2.75, 3.05) is 21.3 Å². The van der Waals surface area contributed by atoms with Crippen molar-refractivity contribution >= 4 is 11.6 Å². The molecule has 1 unspecified atom stereocenters. The van der Waals surface area contributed by atoms with Gasteiger partial charge in [0.2, 0.25) is 0 Å². The maximum atomic E-state index is 6.03. The number of hydrogen-bond donors (Lipinski definition) is 1. The molecule has 21 heavy (non-hydrogen) atoms. The highest BCUT2D eigenvalue weighted by atomic mass is 35.5. The molecule has 0 aliphatic rings. The summed E-state index contributed by atoms with van der Waals surface area (Å²) < 4.78 is 10.7. The number of halogens is 1. The molecule has 0 radical (unpaired) electrons. The molecule has 1 atom stereocenters. The molecule has 0 aromatic heterocycles. The first kappa shape index (κ1) is 15.7. The van der Waals surface area contributed by atoms with E-state index in [4.69, 9.17) is 21.1 Å². The maximum absolute atomic E-state index is 6.03. The zero-order valence-electron chi connectivity index (χ0n) is 12.5. The first-order valence-electron chi connectivity index (χ1n) is 6.81. The van der Waals surface area contributed by atoms with Crippen molar-refractivity contribution in [2.45, 2.75) is 12.5 Å². The van der Waals surface area contributed by atoms with E-state index in [9.17, 15) is 0 Å². The van der Waals surface area contributed by atoms with Crippen LogP contribution in [0, 0.1) is 0 Å². The Morgan fingerprint density at radius 3 is 2.57 bits per heavy atom. The highest BCUT2D eigenvalue weighted by molar-refractivity contribution is 6.30. The Bertz CT molecular complexity index is 601. The van der Waals surface area contributed by atoms with E-state index in [0.29, 0.717) is 5.02 Å². The van der Waals surface area contributed by atoms with Crippen LogP contribution >= 0.6 is 11.6 Å². The molecule has 112 valence electrons. The van der Waals surface area contributed by atoms with Gasteiger partial charge in [0.05, 0.1) is 14.2 Å². The summed E-state index contributed by atoms with van der Waals surface area (Å²) in [6.07, 6.45) is 0.839. The largest absolute Gasteiger partial charge is 0.497 e. The topological polar surface area (TPSA) is 30.5 Å². The molecule has 2 aromatic carbocycles. The molecule has 0 aliphatic carbocycles. The van der Waals surface area contributed by atoms with Gasteiger partial charge in [0.25, 0.3) is 0 Å². The van der Waals surface area contributed by atoms with Gasteiger partial charge >= 0.3 is 0 Å². The predicted octanol–water partition coefficient (Wildman–Crippen LogP) is 3.86. The Hall–Kier alpha value is -1.71. The van der Waals surface area contributed by atoms with Gasteiger partial charge < -0.3 is 14.8 Å². The molecule has 0 heterocycles. The number of likely N-dealkylation sites (N-methyl/N-ethyl adjacent to an activating group) is 1. The third-order valence-electron chi connectivity index (χ3n) is 3.49.